The van der Waals surface area contributed by atoms with E-state index in [0.29, 0.717) is 5.02 Å². The summed E-state index contributed by atoms with van der Waals surface area (Å²) in [5.41, 5.74) is 6.81. The van der Waals surface area contributed by atoms with E-state index >= 15 is 0 Å². The van der Waals surface area contributed by atoms with Crippen LogP contribution in [0.4, 0.5) is 0 Å². The largest absolute Gasteiger partial charge is 0.492 e. The molecule has 1 fully saturated rings. The molecule has 0 bridgehead atoms. The summed E-state index contributed by atoms with van der Waals surface area (Å²) in [6.45, 7) is 2.73. The lowest BCUT2D eigenvalue weighted by Gasteiger charge is -2.10. The molecule has 1 saturated carbocycles. The molecule has 1 aromatic carbocycles. The van der Waals surface area contributed by atoms with Crippen LogP contribution in [0.1, 0.15) is 31.4 Å². The predicted molar refractivity (Wildman–Crippen MR) is 62.3 cm³/mol. The molecule has 0 radical (unpaired) electrons. The summed E-state index contributed by atoms with van der Waals surface area (Å²) < 4.78 is 5.62. The van der Waals surface area contributed by atoms with Crippen LogP contribution >= 0.6 is 11.6 Å². The van der Waals surface area contributed by atoms with Gasteiger partial charge in [0.25, 0.3) is 0 Å². The van der Waals surface area contributed by atoms with Gasteiger partial charge in [-0.25, -0.2) is 0 Å². The molecular formula is C12H16ClNO. The molecule has 0 aliphatic heterocycles. The molecular weight excluding hydrogens is 210 g/mol. The van der Waals surface area contributed by atoms with E-state index in [1.165, 1.54) is 12.8 Å². The molecule has 1 aliphatic rings. The van der Waals surface area contributed by atoms with Gasteiger partial charge in [0.05, 0.1) is 11.6 Å². The molecule has 0 amide bonds. The molecule has 15 heavy (non-hydrogen) atoms. The molecule has 2 rings (SSSR count). The molecule has 1 aromatic rings. The van der Waals surface area contributed by atoms with Crippen LogP contribution in [0.5, 0.6) is 5.75 Å². The van der Waals surface area contributed by atoms with Crippen molar-refractivity contribution in [1.82, 2.24) is 0 Å². The quantitative estimate of drug-likeness (QED) is 0.855. The van der Waals surface area contributed by atoms with Gasteiger partial charge >= 0.3 is 0 Å². The number of ether oxygens (including phenoxy) is 1. The summed E-state index contributed by atoms with van der Waals surface area (Å²) in [6.07, 6.45) is 2.57. The lowest BCUT2D eigenvalue weighted by molar-refractivity contribution is 0.300. The number of halogens is 1. The molecule has 1 atom stereocenters. The highest BCUT2D eigenvalue weighted by Gasteiger charge is 2.22. The maximum atomic E-state index is 6.10. The second kappa shape index (κ2) is 4.42. The van der Waals surface area contributed by atoms with E-state index in [0.717, 1.165) is 23.8 Å². The number of hydrogen-bond acceptors (Lipinski definition) is 2. The number of hydrogen-bond donors (Lipinski definition) is 1. The van der Waals surface area contributed by atoms with E-state index in [2.05, 4.69) is 0 Å². The van der Waals surface area contributed by atoms with Gasteiger partial charge in [-0.05, 0) is 43.4 Å². The molecule has 1 aliphatic carbocycles. The molecule has 2 N–H and O–H groups in total. The minimum absolute atomic E-state index is 0.0139. The smallest absolute Gasteiger partial charge is 0.137 e. The van der Waals surface area contributed by atoms with Crippen LogP contribution in [0.15, 0.2) is 18.2 Å². The van der Waals surface area contributed by atoms with Crippen molar-refractivity contribution in [3.05, 3.63) is 28.8 Å². The highest BCUT2D eigenvalue weighted by molar-refractivity contribution is 6.32. The molecule has 0 unspecified atom stereocenters. The minimum Gasteiger partial charge on any atom is -0.492 e. The third-order valence-corrected chi connectivity index (χ3v) is 2.95. The molecule has 3 heteroatoms. The van der Waals surface area contributed by atoms with Gasteiger partial charge in [0.2, 0.25) is 0 Å². The van der Waals surface area contributed by atoms with Gasteiger partial charge < -0.3 is 10.5 Å². The van der Waals surface area contributed by atoms with Crippen molar-refractivity contribution in [1.29, 1.82) is 0 Å². The molecule has 0 heterocycles. The summed E-state index contributed by atoms with van der Waals surface area (Å²) in [5.74, 6) is 1.52. The highest BCUT2D eigenvalue weighted by atomic mass is 35.5. The lowest BCUT2D eigenvalue weighted by atomic mass is 10.1. The Morgan fingerprint density at radius 3 is 2.80 bits per heavy atom. The first-order valence-electron chi connectivity index (χ1n) is 5.34. The third kappa shape index (κ3) is 2.86. The van der Waals surface area contributed by atoms with Crippen molar-refractivity contribution in [3.63, 3.8) is 0 Å². The van der Waals surface area contributed by atoms with Crippen molar-refractivity contribution >= 4 is 11.6 Å². The maximum Gasteiger partial charge on any atom is 0.137 e. The number of nitrogens with two attached hydrogens (primary N) is 1. The second-order valence-electron chi connectivity index (χ2n) is 4.23. The van der Waals surface area contributed by atoms with Crippen LogP contribution in [0.3, 0.4) is 0 Å². The monoisotopic (exact) mass is 225 g/mol. The first-order valence-corrected chi connectivity index (χ1v) is 5.72. The summed E-state index contributed by atoms with van der Waals surface area (Å²) in [6, 6.07) is 5.77. The van der Waals surface area contributed by atoms with Gasteiger partial charge in [-0.1, -0.05) is 17.7 Å². The van der Waals surface area contributed by atoms with Gasteiger partial charge in [0.1, 0.15) is 5.75 Å². The lowest BCUT2D eigenvalue weighted by Crippen LogP contribution is -2.05. The normalized spacial score (nSPS) is 17.5. The summed E-state index contributed by atoms with van der Waals surface area (Å²) in [7, 11) is 0. The van der Waals surface area contributed by atoms with E-state index in [-0.39, 0.29) is 6.04 Å². The van der Waals surface area contributed by atoms with Gasteiger partial charge in [-0.15, -0.1) is 0 Å². The Kier molecular flexibility index (Phi) is 3.17. The molecule has 82 valence electrons. The van der Waals surface area contributed by atoms with Crippen LogP contribution in [0.25, 0.3) is 0 Å². The Morgan fingerprint density at radius 1 is 1.53 bits per heavy atom. The summed E-state index contributed by atoms with van der Waals surface area (Å²) >= 11 is 6.10. The van der Waals surface area contributed by atoms with Crippen molar-refractivity contribution in [3.8, 4) is 5.75 Å². The minimum atomic E-state index is 0.0139. The van der Waals surface area contributed by atoms with Crippen LogP contribution in [-0.2, 0) is 0 Å². The first kappa shape index (κ1) is 10.8. The summed E-state index contributed by atoms with van der Waals surface area (Å²) in [5, 5.41) is 0.658. The standard InChI is InChI=1S/C12H16ClNO/c1-8(14)10-4-5-12(11(13)6-10)15-7-9-2-3-9/h4-6,8-9H,2-3,7,14H2,1H3/t8-/m0/s1. The second-order valence-corrected chi connectivity index (χ2v) is 4.64. The predicted octanol–water partition coefficient (Wildman–Crippen LogP) is 3.15. The molecule has 2 nitrogen and oxygen atoms in total. The Labute approximate surface area is 95.4 Å². The topological polar surface area (TPSA) is 35.2 Å². The van der Waals surface area contributed by atoms with E-state index in [1.54, 1.807) is 0 Å². The van der Waals surface area contributed by atoms with E-state index < -0.39 is 0 Å². The van der Waals surface area contributed by atoms with Crippen molar-refractivity contribution in [2.75, 3.05) is 6.61 Å². The number of rotatable bonds is 4. The van der Waals surface area contributed by atoms with Crippen LogP contribution in [0, 0.1) is 5.92 Å². The fourth-order valence-corrected chi connectivity index (χ4v) is 1.65. The van der Waals surface area contributed by atoms with Gasteiger partial charge in [-0.2, -0.15) is 0 Å². The maximum absolute atomic E-state index is 6.10. The first-order chi connectivity index (χ1) is 7.16. The zero-order chi connectivity index (χ0) is 10.8. The highest BCUT2D eigenvalue weighted by Crippen LogP contribution is 2.32. The fourth-order valence-electron chi connectivity index (χ4n) is 1.41. The van der Waals surface area contributed by atoms with E-state index in [9.17, 15) is 0 Å². The Bertz CT molecular complexity index is 347. The SMILES string of the molecule is C[C@H](N)c1ccc(OCC2CC2)c(Cl)c1. The third-order valence-electron chi connectivity index (χ3n) is 2.65. The van der Waals surface area contributed by atoms with Crippen molar-refractivity contribution in [2.24, 2.45) is 11.7 Å². The molecule has 0 spiro atoms. The van der Waals surface area contributed by atoms with Crippen LogP contribution < -0.4 is 10.5 Å². The molecule has 0 saturated heterocycles. The van der Waals surface area contributed by atoms with Gasteiger partial charge in [0, 0.05) is 6.04 Å². The van der Waals surface area contributed by atoms with Crippen molar-refractivity contribution < 1.29 is 4.74 Å². The van der Waals surface area contributed by atoms with E-state index in [4.69, 9.17) is 22.1 Å². The van der Waals surface area contributed by atoms with Gasteiger partial charge in [0.15, 0.2) is 0 Å². The molecule has 0 aromatic heterocycles. The van der Waals surface area contributed by atoms with Crippen LogP contribution in [-0.4, -0.2) is 6.61 Å². The van der Waals surface area contributed by atoms with Gasteiger partial charge in [-0.3, -0.25) is 0 Å². The zero-order valence-electron chi connectivity index (χ0n) is 8.87. The zero-order valence-corrected chi connectivity index (χ0v) is 9.63. The Balaban J connectivity index is 2.04. The summed E-state index contributed by atoms with van der Waals surface area (Å²) in [4.78, 5) is 0. The fraction of sp³-hybridized carbons (Fsp3) is 0.500. The average molecular weight is 226 g/mol. The van der Waals surface area contributed by atoms with Crippen LogP contribution in [0.2, 0.25) is 5.02 Å². The average Bonchev–Trinajstić information content (AvgIpc) is 2.99. The number of benzene rings is 1. The Hall–Kier alpha value is -0.730. The van der Waals surface area contributed by atoms with Crippen molar-refractivity contribution in [2.45, 2.75) is 25.8 Å². The Morgan fingerprint density at radius 2 is 2.27 bits per heavy atom. The van der Waals surface area contributed by atoms with E-state index in [1.807, 2.05) is 25.1 Å².